The number of methoxy groups -OCH3 is 1. The van der Waals surface area contributed by atoms with Gasteiger partial charge in [0.1, 0.15) is 5.60 Å². The third-order valence-electron chi connectivity index (χ3n) is 5.80. The third kappa shape index (κ3) is 2.93. The molecule has 4 nitrogen and oxygen atoms in total. The van der Waals surface area contributed by atoms with Gasteiger partial charge in [0.25, 0.3) is 0 Å². The molecule has 3 aliphatic heterocycles. The first kappa shape index (κ1) is 17.2. The van der Waals surface area contributed by atoms with Crippen molar-refractivity contribution >= 4 is 0 Å². The van der Waals surface area contributed by atoms with Crippen LogP contribution in [0, 0.1) is 17.8 Å². The van der Waals surface area contributed by atoms with Gasteiger partial charge in [0.15, 0.2) is 5.60 Å². The lowest BCUT2D eigenvalue weighted by atomic mass is 9.75. The average molecular weight is 348 g/mol. The van der Waals surface area contributed by atoms with E-state index in [-0.39, 0.29) is 0 Å². The van der Waals surface area contributed by atoms with Crippen LogP contribution in [0.1, 0.15) is 24.0 Å². The van der Waals surface area contributed by atoms with Gasteiger partial charge in [-0.15, -0.1) is 0 Å². The number of ether oxygens (including phenoxy) is 1. The quantitative estimate of drug-likeness (QED) is 0.866. The van der Waals surface area contributed by atoms with Crippen LogP contribution in [0.3, 0.4) is 0 Å². The fraction of sp³-hybridized carbons (Fsp3) is 0.409. The standard InChI is InChI=1S/C22H24N2O2/c1-26-21(17-24-14-9-18(21)10-15-24)11-12-22(25,19-6-3-2-4-7-19)20-8-5-13-23-16-20/h2-8,13,16,18,25H,9-10,14-15,17H2,1H3/t21-,22+/m1/s1. The Bertz CT molecular complexity index is 765. The number of rotatable bonds is 3. The number of aromatic nitrogens is 1. The predicted octanol–water partition coefficient (Wildman–Crippen LogP) is 2.43. The Labute approximate surface area is 154 Å². The number of pyridine rings is 1. The number of aliphatic hydroxyl groups is 1. The summed E-state index contributed by atoms with van der Waals surface area (Å²) in [7, 11) is 1.74. The zero-order chi connectivity index (χ0) is 18.0. The summed E-state index contributed by atoms with van der Waals surface area (Å²) in [5.41, 5.74) is -0.506. The SMILES string of the molecule is CO[C@]1(C#C[C@](O)(c2ccccc2)c2cccnc2)CN2CCC1CC2. The number of hydrogen-bond acceptors (Lipinski definition) is 4. The first-order valence-electron chi connectivity index (χ1n) is 9.16. The molecule has 3 saturated heterocycles. The molecule has 134 valence electrons. The molecule has 0 spiro atoms. The van der Waals surface area contributed by atoms with Crippen LogP contribution in [-0.4, -0.2) is 47.3 Å². The van der Waals surface area contributed by atoms with Crippen LogP contribution in [-0.2, 0) is 10.3 Å². The highest BCUT2D eigenvalue weighted by atomic mass is 16.5. The molecule has 0 amide bonds. The Hall–Kier alpha value is -2.19. The van der Waals surface area contributed by atoms with Gasteiger partial charge in [-0.05, 0) is 32.0 Å². The summed E-state index contributed by atoms with van der Waals surface area (Å²) >= 11 is 0. The summed E-state index contributed by atoms with van der Waals surface area (Å²) in [6, 6.07) is 13.3. The lowest BCUT2D eigenvalue weighted by Crippen LogP contribution is -2.59. The molecule has 2 atom stereocenters. The van der Waals surface area contributed by atoms with Crippen LogP contribution < -0.4 is 0 Å². The Morgan fingerprint density at radius 1 is 1.15 bits per heavy atom. The van der Waals surface area contributed by atoms with E-state index >= 15 is 0 Å². The Balaban J connectivity index is 1.79. The van der Waals surface area contributed by atoms with Crippen molar-refractivity contribution in [2.75, 3.05) is 26.7 Å². The molecule has 1 aromatic heterocycles. The second-order valence-electron chi connectivity index (χ2n) is 7.21. The minimum Gasteiger partial charge on any atom is -0.369 e. The van der Waals surface area contributed by atoms with E-state index in [4.69, 9.17) is 4.74 Å². The summed E-state index contributed by atoms with van der Waals surface area (Å²) in [6.45, 7) is 3.03. The lowest BCUT2D eigenvalue weighted by Gasteiger charge is -2.49. The zero-order valence-corrected chi connectivity index (χ0v) is 15.1. The van der Waals surface area contributed by atoms with Crippen molar-refractivity contribution in [3.8, 4) is 11.8 Å². The van der Waals surface area contributed by atoms with Gasteiger partial charge >= 0.3 is 0 Å². The molecule has 3 aliphatic rings. The van der Waals surface area contributed by atoms with Gasteiger partial charge in [-0.3, -0.25) is 9.88 Å². The second-order valence-corrected chi connectivity index (χ2v) is 7.21. The molecule has 0 unspecified atom stereocenters. The van der Waals surface area contributed by atoms with E-state index in [0.29, 0.717) is 11.5 Å². The van der Waals surface area contributed by atoms with E-state index in [0.717, 1.165) is 38.0 Å². The maximum absolute atomic E-state index is 11.6. The first-order chi connectivity index (χ1) is 12.7. The molecular formula is C22H24N2O2. The van der Waals surface area contributed by atoms with Crippen LogP contribution in [0.4, 0.5) is 0 Å². The van der Waals surface area contributed by atoms with Crippen molar-refractivity contribution in [1.82, 2.24) is 9.88 Å². The fourth-order valence-corrected chi connectivity index (χ4v) is 4.21. The highest BCUT2D eigenvalue weighted by Gasteiger charge is 2.46. The van der Waals surface area contributed by atoms with Crippen LogP contribution in [0.25, 0.3) is 0 Å². The summed E-state index contributed by atoms with van der Waals surface area (Å²) in [5.74, 6) is 6.97. The van der Waals surface area contributed by atoms with Gasteiger partial charge in [-0.25, -0.2) is 0 Å². The van der Waals surface area contributed by atoms with Gasteiger partial charge in [0.2, 0.25) is 0 Å². The summed E-state index contributed by atoms with van der Waals surface area (Å²) in [5, 5.41) is 11.6. The summed E-state index contributed by atoms with van der Waals surface area (Å²) in [4.78, 5) is 6.59. The van der Waals surface area contributed by atoms with Crippen molar-refractivity contribution in [3.63, 3.8) is 0 Å². The predicted molar refractivity (Wildman–Crippen MR) is 100 cm³/mol. The second kappa shape index (κ2) is 6.85. The molecule has 4 heterocycles. The molecular weight excluding hydrogens is 324 g/mol. The molecule has 5 rings (SSSR count). The largest absolute Gasteiger partial charge is 0.369 e. The molecule has 1 aromatic carbocycles. The number of fused-ring (bicyclic) bond motifs is 3. The van der Waals surface area contributed by atoms with Crippen LogP contribution in [0.15, 0.2) is 54.9 Å². The molecule has 3 fully saturated rings. The minimum absolute atomic E-state index is 0.416. The van der Waals surface area contributed by atoms with Crippen LogP contribution in [0.2, 0.25) is 0 Å². The topological polar surface area (TPSA) is 45.6 Å². The average Bonchev–Trinajstić information content (AvgIpc) is 2.74. The maximum atomic E-state index is 11.6. The van der Waals surface area contributed by atoms with Gasteiger partial charge in [0.05, 0.1) is 0 Å². The van der Waals surface area contributed by atoms with E-state index in [9.17, 15) is 5.11 Å². The normalized spacial score (nSPS) is 29.5. The molecule has 0 radical (unpaired) electrons. The van der Waals surface area contributed by atoms with Gasteiger partial charge in [0, 0.05) is 43.1 Å². The molecule has 2 aromatic rings. The van der Waals surface area contributed by atoms with Crippen LogP contribution >= 0.6 is 0 Å². The highest BCUT2D eigenvalue weighted by Crippen LogP contribution is 2.38. The summed E-state index contributed by atoms with van der Waals surface area (Å²) < 4.78 is 5.94. The molecule has 0 aliphatic carbocycles. The number of hydrogen-bond donors (Lipinski definition) is 1. The third-order valence-corrected chi connectivity index (χ3v) is 5.80. The van der Waals surface area contributed by atoms with Crippen molar-refractivity contribution in [2.24, 2.45) is 5.92 Å². The van der Waals surface area contributed by atoms with Gasteiger partial charge < -0.3 is 9.84 Å². The fourth-order valence-electron chi connectivity index (χ4n) is 4.21. The van der Waals surface area contributed by atoms with Crippen molar-refractivity contribution in [2.45, 2.75) is 24.0 Å². The molecule has 26 heavy (non-hydrogen) atoms. The van der Waals surface area contributed by atoms with E-state index in [1.807, 2.05) is 42.5 Å². The minimum atomic E-state index is -1.41. The Kier molecular flexibility index (Phi) is 4.54. The van der Waals surface area contributed by atoms with Crippen molar-refractivity contribution in [3.05, 3.63) is 66.0 Å². The number of benzene rings is 1. The van der Waals surface area contributed by atoms with Gasteiger partial charge in [-0.2, -0.15) is 0 Å². The van der Waals surface area contributed by atoms with E-state index < -0.39 is 11.2 Å². The highest BCUT2D eigenvalue weighted by molar-refractivity contribution is 5.44. The van der Waals surface area contributed by atoms with Crippen molar-refractivity contribution < 1.29 is 9.84 Å². The van der Waals surface area contributed by atoms with Crippen molar-refractivity contribution in [1.29, 1.82) is 0 Å². The van der Waals surface area contributed by atoms with Gasteiger partial charge in [-0.1, -0.05) is 48.2 Å². The van der Waals surface area contributed by atoms with Crippen LogP contribution in [0.5, 0.6) is 0 Å². The van der Waals surface area contributed by atoms with E-state index in [1.165, 1.54) is 0 Å². The monoisotopic (exact) mass is 348 g/mol. The smallest absolute Gasteiger partial charge is 0.178 e. The maximum Gasteiger partial charge on any atom is 0.178 e. The molecule has 4 heteroatoms. The molecule has 1 N–H and O–H groups in total. The molecule has 2 bridgehead atoms. The zero-order valence-electron chi connectivity index (χ0n) is 15.1. The lowest BCUT2D eigenvalue weighted by molar-refractivity contribution is -0.0964. The number of nitrogens with zero attached hydrogens (tertiary/aromatic N) is 2. The van der Waals surface area contributed by atoms with E-state index in [2.05, 4.69) is 21.7 Å². The number of piperidine rings is 3. The first-order valence-corrected chi connectivity index (χ1v) is 9.16. The summed E-state index contributed by atoms with van der Waals surface area (Å²) in [6.07, 6.45) is 5.57. The van der Waals surface area contributed by atoms with E-state index in [1.54, 1.807) is 19.5 Å². The Morgan fingerprint density at radius 2 is 1.88 bits per heavy atom. The Morgan fingerprint density at radius 3 is 2.46 bits per heavy atom. The molecule has 0 saturated carbocycles.